The largest absolute Gasteiger partial charge is 0.480 e. The van der Waals surface area contributed by atoms with Crippen LogP contribution in [0.25, 0.3) is 0 Å². The Morgan fingerprint density at radius 2 is 1.92 bits per heavy atom. The number of carboxylic acid groups (broad SMARTS) is 1. The summed E-state index contributed by atoms with van der Waals surface area (Å²) in [5.41, 5.74) is 0.0564. The highest BCUT2D eigenvalue weighted by Gasteiger charge is 2.43. The lowest BCUT2D eigenvalue weighted by atomic mass is 10.1. The van der Waals surface area contributed by atoms with Gasteiger partial charge in [0, 0.05) is 18.2 Å². The highest BCUT2D eigenvalue weighted by atomic mass is 32.2. The van der Waals surface area contributed by atoms with E-state index in [9.17, 15) is 22.8 Å². The fourth-order valence-electron chi connectivity index (χ4n) is 2.76. The van der Waals surface area contributed by atoms with Crippen LogP contribution in [0.5, 0.6) is 0 Å². The predicted molar refractivity (Wildman–Crippen MR) is 88.8 cm³/mol. The fourth-order valence-corrected chi connectivity index (χ4v) is 4.55. The number of nitrogens with zero attached hydrogens (tertiary/aromatic N) is 2. The molecule has 0 atom stereocenters. The molecule has 2 rings (SSSR count). The quantitative estimate of drug-likeness (QED) is 0.807. The molecule has 1 heterocycles. The summed E-state index contributed by atoms with van der Waals surface area (Å²) in [4.78, 5) is 36.7. The van der Waals surface area contributed by atoms with E-state index in [0.717, 1.165) is 15.3 Å². The SMILES string of the molecule is CCCN(CC(=O)O)C(=O)c1ccc2c(c1)S(=O)(=O)N(C(C)C)C2=O. The van der Waals surface area contributed by atoms with Gasteiger partial charge in [-0.3, -0.25) is 14.4 Å². The molecule has 0 radical (unpaired) electrons. The maximum Gasteiger partial charge on any atom is 0.323 e. The van der Waals surface area contributed by atoms with Gasteiger partial charge in [-0.2, -0.15) is 0 Å². The first kappa shape index (κ1) is 18.9. The lowest BCUT2D eigenvalue weighted by molar-refractivity contribution is -0.137. The Morgan fingerprint density at radius 1 is 1.28 bits per heavy atom. The Kier molecular flexibility index (Phi) is 5.17. The van der Waals surface area contributed by atoms with Crippen LogP contribution >= 0.6 is 0 Å². The van der Waals surface area contributed by atoms with Crippen LogP contribution in [-0.4, -0.2) is 59.6 Å². The van der Waals surface area contributed by atoms with E-state index in [4.69, 9.17) is 5.11 Å². The Balaban J connectivity index is 2.46. The number of amides is 2. The van der Waals surface area contributed by atoms with Crippen LogP contribution < -0.4 is 0 Å². The third-order valence-electron chi connectivity index (χ3n) is 3.77. The van der Waals surface area contributed by atoms with Crippen LogP contribution in [0.4, 0.5) is 0 Å². The number of aliphatic carboxylic acids is 1. The van der Waals surface area contributed by atoms with E-state index in [0.29, 0.717) is 6.42 Å². The maximum absolute atomic E-state index is 12.6. The summed E-state index contributed by atoms with van der Waals surface area (Å²) in [6, 6.07) is 3.25. The molecule has 0 saturated carbocycles. The summed E-state index contributed by atoms with van der Waals surface area (Å²) >= 11 is 0. The van der Waals surface area contributed by atoms with Crippen LogP contribution in [0, 0.1) is 0 Å². The van der Waals surface area contributed by atoms with Crippen molar-refractivity contribution in [3.63, 3.8) is 0 Å². The van der Waals surface area contributed by atoms with E-state index >= 15 is 0 Å². The second-order valence-electron chi connectivity index (χ2n) is 6.03. The van der Waals surface area contributed by atoms with Crippen LogP contribution in [0.15, 0.2) is 23.1 Å². The molecule has 0 spiro atoms. The summed E-state index contributed by atoms with van der Waals surface area (Å²) in [5, 5.41) is 8.93. The lowest BCUT2D eigenvalue weighted by Crippen LogP contribution is -2.36. The number of hydrogen-bond acceptors (Lipinski definition) is 5. The number of rotatable bonds is 6. The van der Waals surface area contributed by atoms with Gasteiger partial charge in [0.15, 0.2) is 0 Å². The predicted octanol–water partition coefficient (Wildman–Crippen LogP) is 1.18. The van der Waals surface area contributed by atoms with E-state index < -0.39 is 40.4 Å². The smallest absolute Gasteiger partial charge is 0.323 e. The van der Waals surface area contributed by atoms with Crippen molar-refractivity contribution < 1.29 is 27.9 Å². The van der Waals surface area contributed by atoms with Crippen molar-refractivity contribution in [2.24, 2.45) is 0 Å². The highest BCUT2D eigenvalue weighted by molar-refractivity contribution is 7.90. The first-order valence-electron chi connectivity index (χ1n) is 7.85. The van der Waals surface area contributed by atoms with E-state index in [1.54, 1.807) is 20.8 Å². The van der Waals surface area contributed by atoms with Gasteiger partial charge >= 0.3 is 5.97 Å². The number of benzene rings is 1. The average molecular weight is 368 g/mol. The summed E-state index contributed by atoms with van der Waals surface area (Å²) in [6.07, 6.45) is 0.557. The van der Waals surface area contributed by atoms with Crippen LogP contribution in [0.1, 0.15) is 47.9 Å². The van der Waals surface area contributed by atoms with Crippen LogP contribution in [0.3, 0.4) is 0 Å². The van der Waals surface area contributed by atoms with Gasteiger partial charge < -0.3 is 10.0 Å². The molecule has 25 heavy (non-hydrogen) atoms. The van der Waals surface area contributed by atoms with E-state index in [1.165, 1.54) is 12.1 Å². The number of carboxylic acids is 1. The van der Waals surface area contributed by atoms with Crippen molar-refractivity contribution in [2.75, 3.05) is 13.1 Å². The first-order valence-corrected chi connectivity index (χ1v) is 9.29. The van der Waals surface area contributed by atoms with Crippen molar-refractivity contribution >= 4 is 27.8 Å². The van der Waals surface area contributed by atoms with Gasteiger partial charge in [0.25, 0.3) is 21.8 Å². The zero-order chi connectivity index (χ0) is 18.9. The van der Waals surface area contributed by atoms with E-state index in [-0.39, 0.29) is 22.6 Å². The molecule has 0 aliphatic carbocycles. The number of fused-ring (bicyclic) bond motifs is 1. The molecule has 0 bridgehead atoms. The summed E-state index contributed by atoms with van der Waals surface area (Å²) in [6.45, 7) is 4.72. The normalized spacial score (nSPS) is 15.4. The second-order valence-corrected chi connectivity index (χ2v) is 7.81. The van der Waals surface area contributed by atoms with Crippen LogP contribution in [0.2, 0.25) is 0 Å². The lowest BCUT2D eigenvalue weighted by Gasteiger charge is -2.20. The Bertz CT molecular complexity index is 831. The van der Waals surface area contributed by atoms with Gasteiger partial charge in [-0.05, 0) is 38.5 Å². The van der Waals surface area contributed by atoms with Crippen molar-refractivity contribution in [1.82, 2.24) is 9.21 Å². The fraction of sp³-hybridized carbons (Fsp3) is 0.438. The molecule has 9 heteroatoms. The topological polar surface area (TPSA) is 112 Å². The van der Waals surface area contributed by atoms with Gasteiger partial charge in [0.05, 0.1) is 5.56 Å². The molecular formula is C16H20N2O6S. The van der Waals surface area contributed by atoms with Gasteiger partial charge in [-0.1, -0.05) is 6.92 Å². The minimum atomic E-state index is -4.02. The Morgan fingerprint density at radius 3 is 2.44 bits per heavy atom. The minimum Gasteiger partial charge on any atom is -0.480 e. The number of hydrogen-bond donors (Lipinski definition) is 1. The zero-order valence-corrected chi connectivity index (χ0v) is 15.0. The molecule has 1 aromatic carbocycles. The minimum absolute atomic E-state index is 0.0190. The highest BCUT2D eigenvalue weighted by Crippen LogP contribution is 2.32. The maximum atomic E-state index is 12.6. The summed E-state index contributed by atoms with van der Waals surface area (Å²) in [7, 11) is -4.02. The number of sulfonamides is 1. The molecule has 1 N–H and O–H groups in total. The molecule has 0 fully saturated rings. The molecule has 1 aliphatic rings. The Labute approximate surface area is 146 Å². The van der Waals surface area contributed by atoms with Crippen molar-refractivity contribution in [2.45, 2.75) is 38.1 Å². The molecule has 0 saturated heterocycles. The molecule has 0 unspecified atom stereocenters. The third-order valence-corrected chi connectivity index (χ3v) is 5.77. The molecular weight excluding hydrogens is 348 g/mol. The number of carbonyl (C=O) groups is 3. The summed E-state index contributed by atoms with van der Waals surface area (Å²) in [5.74, 6) is -2.37. The van der Waals surface area contributed by atoms with Crippen LogP contribution in [-0.2, 0) is 14.8 Å². The van der Waals surface area contributed by atoms with Crippen molar-refractivity contribution in [3.05, 3.63) is 29.3 Å². The molecule has 2 amide bonds. The first-order chi connectivity index (χ1) is 11.6. The summed E-state index contributed by atoms with van der Waals surface area (Å²) < 4.78 is 25.9. The average Bonchev–Trinajstić information content (AvgIpc) is 2.72. The second kappa shape index (κ2) is 6.83. The monoisotopic (exact) mass is 368 g/mol. The van der Waals surface area contributed by atoms with E-state index in [2.05, 4.69) is 0 Å². The van der Waals surface area contributed by atoms with E-state index in [1.807, 2.05) is 0 Å². The molecule has 1 aliphatic heterocycles. The third kappa shape index (κ3) is 3.37. The Hall–Kier alpha value is -2.42. The van der Waals surface area contributed by atoms with Gasteiger partial charge in [-0.15, -0.1) is 0 Å². The molecule has 1 aromatic rings. The molecule has 136 valence electrons. The number of carbonyl (C=O) groups excluding carboxylic acids is 2. The van der Waals surface area contributed by atoms with Gasteiger partial charge in [0.1, 0.15) is 11.4 Å². The van der Waals surface area contributed by atoms with Gasteiger partial charge in [-0.25, -0.2) is 12.7 Å². The van der Waals surface area contributed by atoms with Crippen molar-refractivity contribution in [3.8, 4) is 0 Å². The van der Waals surface area contributed by atoms with Crippen molar-refractivity contribution in [1.29, 1.82) is 0 Å². The standard InChI is InChI=1S/C16H20N2O6S/c1-4-7-17(9-14(19)20)15(21)11-5-6-12-13(8-11)25(23,24)18(10(2)3)16(12)22/h5-6,8,10H,4,7,9H2,1-3H3,(H,19,20). The molecule has 0 aromatic heterocycles. The molecule has 8 nitrogen and oxygen atoms in total. The van der Waals surface area contributed by atoms with Gasteiger partial charge in [0.2, 0.25) is 0 Å². The zero-order valence-electron chi connectivity index (χ0n) is 14.2.